The van der Waals surface area contributed by atoms with Gasteiger partial charge in [0.1, 0.15) is 11.6 Å². The van der Waals surface area contributed by atoms with Crippen molar-refractivity contribution in [3.8, 4) is 0 Å². The Hall–Kier alpha value is -2.43. The molecule has 0 saturated carbocycles. The van der Waals surface area contributed by atoms with Crippen LogP contribution in [0.4, 0.5) is 20.2 Å². The highest BCUT2D eigenvalue weighted by molar-refractivity contribution is 6.11. The lowest BCUT2D eigenvalue weighted by molar-refractivity contribution is 0.0996. The second-order valence-corrected chi connectivity index (χ2v) is 4.36. The first-order chi connectivity index (χ1) is 9.08. The van der Waals surface area contributed by atoms with Crippen molar-refractivity contribution in [2.75, 3.05) is 10.6 Å². The van der Waals surface area contributed by atoms with Gasteiger partial charge < -0.3 is 10.6 Å². The number of nitrogens with zero attached hydrogens (tertiary/aromatic N) is 1. The van der Waals surface area contributed by atoms with Crippen molar-refractivity contribution < 1.29 is 13.6 Å². The fourth-order valence-corrected chi connectivity index (χ4v) is 2.24. The molecule has 0 atom stereocenters. The van der Waals surface area contributed by atoms with Crippen molar-refractivity contribution in [3.63, 3.8) is 0 Å². The number of nitrogens with two attached hydrogens (primary N) is 1. The molecule has 0 bridgehead atoms. The molecule has 2 aromatic carbocycles. The number of carbonyl (C=O) groups is 1. The fraction of sp³-hybridized carbons (Fsp3) is 0.0714. The number of fused-ring (bicyclic) bond motifs is 1. The maximum atomic E-state index is 13.7. The topological polar surface area (TPSA) is 46.3 Å². The lowest BCUT2D eigenvalue weighted by atomic mass is 10.1. The highest BCUT2D eigenvalue weighted by atomic mass is 19.1. The Morgan fingerprint density at radius 1 is 1.16 bits per heavy atom. The van der Waals surface area contributed by atoms with E-state index in [1.165, 1.54) is 4.90 Å². The Kier molecular flexibility index (Phi) is 2.48. The van der Waals surface area contributed by atoms with Crippen molar-refractivity contribution >= 4 is 17.3 Å². The third-order valence-corrected chi connectivity index (χ3v) is 3.20. The highest BCUT2D eigenvalue weighted by Gasteiger charge is 2.31. The Labute approximate surface area is 108 Å². The summed E-state index contributed by atoms with van der Waals surface area (Å²) in [7, 11) is 0. The molecule has 0 aliphatic carbocycles. The van der Waals surface area contributed by atoms with Gasteiger partial charge in [-0.15, -0.1) is 0 Å². The molecule has 3 nitrogen and oxygen atoms in total. The number of anilines is 2. The van der Waals surface area contributed by atoms with E-state index in [1.54, 1.807) is 18.2 Å². The maximum absolute atomic E-state index is 13.7. The summed E-state index contributed by atoms with van der Waals surface area (Å²) in [6.07, 6.45) is 0. The van der Waals surface area contributed by atoms with E-state index in [0.717, 1.165) is 18.2 Å². The smallest absolute Gasteiger partial charge is 0.259 e. The van der Waals surface area contributed by atoms with E-state index in [9.17, 15) is 13.6 Å². The third-order valence-electron chi connectivity index (χ3n) is 3.20. The van der Waals surface area contributed by atoms with Crippen LogP contribution in [0.3, 0.4) is 0 Å². The minimum Gasteiger partial charge on any atom is -0.398 e. The largest absolute Gasteiger partial charge is 0.398 e. The van der Waals surface area contributed by atoms with Gasteiger partial charge in [-0.05, 0) is 24.3 Å². The van der Waals surface area contributed by atoms with Gasteiger partial charge in [0.05, 0.1) is 12.2 Å². The van der Waals surface area contributed by atoms with Crippen LogP contribution in [-0.2, 0) is 6.54 Å². The van der Waals surface area contributed by atoms with E-state index < -0.39 is 11.6 Å². The molecule has 96 valence electrons. The van der Waals surface area contributed by atoms with Gasteiger partial charge in [0.25, 0.3) is 5.91 Å². The SMILES string of the molecule is Nc1cccc2c1CN(c1cc(F)ccc1F)C2=O. The minimum absolute atomic E-state index is 0.0689. The number of benzene rings is 2. The number of rotatable bonds is 1. The van der Waals surface area contributed by atoms with Gasteiger partial charge in [0.2, 0.25) is 0 Å². The molecule has 1 aliphatic rings. The molecule has 2 N–H and O–H groups in total. The van der Waals surface area contributed by atoms with Crippen LogP contribution in [0.2, 0.25) is 0 Å². The molecule has 1 heterocycles. The van der Waals surface area contributed by atoms with E-state index >= 15 is 0 Å². The number of halogens is 2. The number of hydrogen-bond donors (Lipinski definition) is 1. The number of carbonyl (C=O) groups excluding carboxylic acids is 1. The molecular formula is C14H10F2N2O. The number of nitrogen functional groups attached to an aromatic ring is 1. The number of hydrogen-bond acceptors (Lipinski definition) is 2. The van der Waals surface area contributed by atoms with Crippen LogP contribution >= 0.6 is 0 Å². The molecule has 0 aromatic heterocycles. The first-order valence-corrected chi connectivity index (χ1v) is 5.72. The zero-order valence-corrected chi connectivity index (χ0v) is 9.86. The Balaban J connectivity index is 2.09. The molecule has 0 spiro atoms. The Bertz CT molecular complexity index is 685. The van der Waals surface area contributed by atoms with E-state index in [4.69, 9.17) is 5.73 Å². The first-order valence-electron chi connectivity index (χ1n) is 5.72. The first kappa shape index (κ1) is 11.6. The zero-order chi connectivity index (χ0) is 13.6. The number of amides is 1. The second kappa shape index (κ2) is 4.05. The third kappa shape index (κ3) is 1.74. The molecule has 1 aliphatic heterocycles. The van der Waals surface area contributed by atoms with Crippen molar-refractivity contribution in [2.45, 2.75) is 6.54 Å². The van der Waals surface area contributed by atoms with Crippen LogP contribution in [0.5, 0.6) is 0 Å². The van der Waals surface area contributed by atoms with Crippen molar-refractivity contribution in [2.24, 2.45) is 0 Å². The van der Waals surface area contributed by atoms with Crippen molar-refractivity contribution in [1.82, 2.24) is 0 Å². The van der Waals surface area contributed by atoms with Gasteiger partial charge in [-0.2, -0.15) is 0 Å². The van der Waals surface area contributed by atoms with Crippen LogP contribution in [0.1, 0.15) is 15.9 Å². The van der Waals surface area contributed by atoms with E-state index in [-0.39, 0.29) is 18.1 Å². The molecule has 1 amide bonds. The van der Waals surface area contributed by atoms with E-state index in [2.05, 4.69) is 0 Å². The lowest BCUT2D eigenvalue weighted by Gasteiger charge is -2.16. The van der Waals surface area contributed by atoms with Crippen LogP contribution < -0.4 is 10.6 Å². The van der Waals surface area contributed by atoms with Crippen molar-refractivity contribution in [3.05, 3.63) is 59.2 Å². The summed E-state index contributed by atoms with van der Waals surface area (Å²) in [5.41, 5.74) is 7.29. The van der Waals surface area contributed by atoms with Gasteiger partial charge in [-0.1, -0.05) is 6.07 Å². The minimum atomic E-state index is -0.638. The van der Waals surface area contributed by atoms with Crippen LogP contribution in [0, 0.1) is 11.6 Å². The van der Waals surface area contributed by atoms with Gasteiger partial charge in [0.15, 0.2) is 0 Å². The van der Waals surface area contributed by atoms with Gasteiger partial charge >= 0.3 is 0 Å². The van der Waals surface area contributed by atoms with Crippen molar-refractivity contribution in [1.29, 1.82) is 0 Å². The molecule has 0 radical (unpaired) electrons. The average molecular weight is 260 g/mol. The van der Waals surface area contributed by atoms with Crippen LogP contribution in [0.15, 0.2) is 36.4 Å². The van der Waals surface area contributed by atoms with Gasteiger partial charge in [-0.3, -0.25) is 4.79 Å². The monoisotopic (exact) mass is 260 g/mol. The van der Waals surface area contributed by atoms with Crippen LogP contribution in [0.25, 0.3) is 0 Å². The summed E-state index contributed by atoms with van der Waals surface area (Å²) in [6, 6.07) is 8.00. The Morgan fingerprint density at radius 2 is 1.95 bits per heavy atom. The summed E-state index contributed by atoms with van der Waals surface area (Å²) >= 11 is 0. The molecule has 2 aromatic rings. The summed E-state index contributed by atoms with van der Waals surface area (Å²) < 4.78 is 26.9. The lowest BCUT2D eigenvalue weighted by Crippen LogP contribution is -2.24. The predicted molar refractivity (Wildman–Crippen MR) is 67.7 cm³/mol. The average Bonchev–Trinajstić information content (AvgIpc) is 2.72. The van der Waals surface area contributed by atoms with Gasteiger partial charge in [-0.25, -0.2) is 8.78 Å². The van der Waals surface area contributed by atoms with E-state index in [1.807, 2.05) is 0 Å². The predicted octanol–water partition coefficient (Wildman–Crippen LogP) is 2.71. The summed E-state index contributed by atoms with van der Waals surface area (Å²) in [4.78, 5) is 13.4. The summed E-state index contributed by atoms with van der Waals surface area (Å²) in [5, 5.41) is 0. The quantitative estimate of drug-likeness (QED) is 0.801. The highest BCUT2D eigenvalue weighted by Crippen LogP contribution is 2.33. The molecule has 3 rings (SSSR count). The van der Waals surface area contributed by atoms with Gasteiger partial charge in [0, 0.05) is 22.9 Å². The normalized spacial score (nSPS) is 13.8. The molecule has 0 fully saturated rings. The summed E-state index contributed by atoms with van der Waals surface area (Å²) in [6.45, 7) is 0.154. The fourth-order valence-electron chi connectivity index (χ4n) is 2.24. The standard InChI is InChI=1S/C14H10F2N2O/c15-8-4-5-11(16)13(6-8)18-7-10-9(14(18)19)2-1-3-12(10)17/h1-6H,7,17H2. The maximum Gasteiger partial charge on any atom is 0.259 e. The van der Waals surface area contributed by atoms with E-state index in [0.29, 0.717) is 16.8 Å². The molecule has 19 heavy (non-hydrogen) atoms. The molecular weight excluding hydrogens is 250 g/mol. The second-order valence-electron chi connectivity index (χ2n) is 4.36. The molecule has 0 unspecified atom stereocenters. The van der Waals surface area contributed by atoms with Crippen LogP contribution in [-0.4, -0.2) is 5.91 Å². The Morgan fingerprint density at radius 3 is 2.68 bits per heavy atom. The summed E-state index contributed by atoms with van der Waals surface area (Å²) in [5.74, 6) is -1.60. The zero-order valence-electron chi connectivity index (χ0n) is 9.86. The molecule has 5 heteroatoms. The molecule has 0 saturated heterocycles.